The molecule has 2 aromatic rings. The third-order valence-electron chi connectivity index (χ3n) is 1.93. The van der Waals surface area contributed by atoms with Gasteiger partial charge in [-0.25, -0.2) is 9.78 Å². The maximum atomic E-state index is 11.7. The van der Waals surface area contributed by atoms with Gasteiger partial charge in [0.1, 0.15) is 11.8 Å². The predicted octanol–water partition coefficient (Wildman–Crippen LogP) is 3.81. The number of carbonyl (C=O) groups is 1. The number of rotatable bonds is 3. The number of halogens is 2. The first kappa shape index (κ1) is 12.4. The van der Waals surface area contributed by atoms with Gasteiger partial charge in [-0.2, -0.15) is 0 Å². The Morgan fingerprint density at radius 1 is 1.35 bits per heavy atom. The molecule has 3 nitrogen and oxygen atoms in total. The minimum absolute atomic E-state index is 0.0377. The van der Waals surface area contributed by atoms with Crippen molar-refractivity contribution in [2.75, 3.05) is 0 Å². The molecule has 0 aliphatic rings. The van der Waals surface area contributed by atoms with Gasteiger partial charge in [0.25, 0.3) is 0 Å². The van der Waals surface area contributed by atoms with E-state index in [4.69, 9.17) is 27.9 Å². The summed E-state index contributed by atoms with van der Waals surface area (Å²) in [6.45, 7) is 0.209. The lowest BCUT2D eigenvalue weighted by Crippen LogP contribution is -2.07. The molecule has 2 heterocycles. The molecule has 0 saturated carbocycles. The molecule has 0 aliphatic heterocycles. The van der Waals surface area contributed by atoms with Gasteiger partial charge in [0.15, 0.2) is 5.69 Å². The summed E-state index contributed by atoms with van der Waals surface area (Å²) in [6.07, 6.45) is 0. The van der Waals surface area contributed by atoms with E-state index in [9.17, 15) is 4.79 Å². The Balaban J connectivity index is 2.07. The van der Waals surface area contributed by atoms with Gasteiger partial charge in [0.05, 0.1) is 5.02 Å². The average molecular weight is 288 g/mol. The van der Waals surface area contributed by atoms with E-state index >= 15 is 0 Å². The number of aromatic nitrogens is 1. The van der Waals surface area contributed by atoms with Crippen LogP contribution in [0, 0.1) is 0 Å². The molecule has 6 heteroatoms. The lowest BCUT2D eigenvalue weighted by Gasteiger charge is -2.04. The smallest absolute Gasteiger partial charge is 0.358 e. The van der Waals surface area contributed by atoms with Gasteiger partial charge in [-0.15, -0.1) is 11.3 Å². The van der Waals surface area contributed by atoms with Crippen molar-refractivity contribution in [2.45, 2.75) is 6.61 Å². The molecule has 0 aromatic carbocycles. The summed E-state index contributed by atoms with van der Waals surface area (Å²) in [7, 11) is 0. The second-order valence-corrected chi connectivity index (χ2v) is 4.95. The number of hydrogen-bond acceptors (Lipinski definition) is 4. The summed E-state index contributed by atoms with van der Waals surface area (Å²) in [6, 6.07) is 6.79. The fourth-order valence-corrected chi connectivity index (χ4v) is 2.11. The van der Waals surface area contributed by atoms with E-state index in [-0.39, 0.29) is 22.5 Å². The van der Waals surface area contributed by atoms with Crippen LogP contribution in [-0.2, 0) is 11.3 Å². The monoisotopic (exact) mass is 287 g/mol. The van der Waals surface area contributed by atoms with Crippen molar-refractivity contribution in [2.24, 2.45) is 0 Å². The number of carbonyl (C=O) groups excluding carboxylic acids is 1. The minimum Gasteiger partial charge on any atom is -0.455 e. The molecule has 0 bridgehead atoms. The number of hydrogen-bond donors (Lipinski definition) is 0. The van der Waals surface area contributed by atoms with E-state index in [1.54, 1.807) is 0 Å². The van der Waals surface area contributed by atoms with Crippen LogP contribution in [0.25, 0.3) is 0 Å². The summed E-state index contributed by atoms with van der Waals surface area (Å²) >= 11 is 13.0. The Morgan fingerprint density at radius 3 is 2.88 bits per heavy atom. The van der Waals surface area contributed by atoms with Gasteiger partial charge in [-0.1, -0.05) is 29.3 Å². The van der Waals surface area contributed by atoms with Crippen molar-refractivity contribution in [3.8, 4) is 0 Å². The summed E-state index contributed by atoms with van der Waals surface area (Å²) in [5, 5.41) is 2.34. The van der Waals surface area contributed by atoms with Gasteiger partial charge in [0, 0.05) is 4.88 Å². The fourth-order valence-electron chi connectivity index (χ4n) is 1.16. The van der Waals surface area contributed by atoms with E-state index in [1.165, 1.54) is 23.5 Å². The highest BCUT2D eigenvalue weighted by molar-refractivity contribution is 7.09. The summed E-state index contributed by atoms with van der Waals surface area (Å²) < 4.78 is 5.07. The van der Waals surface area contributed by atoms with E-state index in [2.05, 4.69) is 4.98 Å². The van der Waals surface area contributed by atoms with Crippen molar-refractivity contribution in [1.82, 2.24) is 4.98 Å². The molecule has 88 valence electrons. The van der Waals surface area contributed by atoms with Crippen LogP contribution in [-0.4, -0.2) is 11.0 Å². The second-order valence-electron chi connectivity index (χ2n) is 3.12. The van der Waals surface area contributed by atoms with Crippen molar-refractivity contribution in [3.05, 3.63) is 50.4 Å². The first-order chi connectivity index (χ1) is 8.16. The predicted molar refractivity (Wildman–Crippen MR) is 67.7 cm³/mol. The zero-order valence-corrected chi connectivity index (χ0v) is 10.9. The number of ether oxygens (including phenoxy) is 1. The van der Waals surface area contributed by atoms with E-state index in [1.807, 2.05) is 17.5 Å². The van der Waals surface area contributed by atoms with Crippen molar-refractivity contribution in [3.63, 3.8) is 0 Å². The SMILES string of the molecule is O=C(OCc1cccs1)c1nc(Cl)ccc1Cl. The highest BCUT2D eigenvalue weighted by atomic mass is 35.5. The molecule has 2 aromatic heterocycles. The molecule has 0 spiro atoms. The van der Waals surface area contributed by atoms with Gasteiger partial charge in [0.2, 0.25) is 0 Å². The Hall–Kier alpha value is -1.10. The van der Waals surface area contributed by atoms with Gasteiger partial charge in [-0.3, -0.25) is 0 Å². The van der Waals surface area contributed by atoms with Crippen LogP contribution in [0.15, 0.2) is 29.6 Å². The van der Waals surface area contributed by atoms with Crippen LogP contribution < -0.4 is 0 Å². The molecule has 0 aliphatic carbocycles. The third kappa shape index (κ3) is 3.19. The molecule has 0 saturated heterocycles. The summed E-state index contributed by atoms with van der Waals surface area (Å²) in [4.78, 5) is 16.5. The van der Waals surface area contributed by atoms with Crippen molar-refractivity contribution >= 4 is 40.5 Å². The van der Waals surface area contributed by atoms with E-state index in [0.29, 0.717) is 0 Å². The number of nitrogens with zero attached hydrogens (tertiary/aromatic N) is 1. The lowest BCUT2D eigenvalue weighted by molar-refractivity contribution is 0.0470. The molecule has 0 atom stereocenters. The van der Waals surface area contributed by atoms with Crippen LogP contribution >= 0.6 is 34.5 Å². The molecular weight excluding hydrogens is 281 g/mol. The van der Waals surface area contributed by atoms with E-state index < -0.39 is 5.97 Å². The maximum Gasteiger partial charge on any atom is 0.358 e. The molecule has 0 amide bonds. The molecule has 0 fully saturated rings. The van der Waals surface area contributed by atoms with E-state index in [0.717, 1.165) is 4.88 Å². The zero-order chi connectivity index (χ0) is 12.3. The Morgan fingerprint density at radius 2 is 2.18 bits per heavy atom. The first-order valence-electron chi connectivity index (χ1n) is 4.68. The largest absolute Gasteiger partial charge is 0.455 e. The van der Waals surface area contributed by atoms with Crippen LogP contribution in [0.1, 0.15) is 15.4 Å². The zero-order valence-electron chi connectivity index (χ0n) is 8.52. The Labute approximate surface area is 112 Å². The van der Waals surface area contributed by atoms with Crippen LogP contribution in [0.2, 0.25) is 10.2 Å². The standard InChI is InChI=1S/C11H7Cl2NO2S/c12-8-3-4-9(13)14-10(8)11(15)16-6-7-2-1-5-17-7/h1-5H,6H2. The van der Waals surface area contributed by atoms with Gasteiger partial charge >= 0.3 is 5.97 Å². The molecule has 0 N–H and O–H groups in total. The van der Waals surface area contributed by atoms with Crippen LogP contribution in [0.5, 0.6) is 0 Å². The fraction of sp³-hybridized carbons (Fsp3) is 0.0909. The Kier molecular flexibility index (Phi) is 3.99. The number of thiophene rings is 1. The van der Waals surface area contributed by atoms with Gasteiger partial charge in [-0.05, 0) is 23.6 Å². The molecular formula is C11H7Cl2NO2S. The summed E-state index contributed by atoms with van der Waals surface area (Å²) in [5.41, 5.74) is 0.0377. The Bertz CT molecular complexity index is 528. The number of pyridine rings is 1. The van der Waals surface area contributed by atoms with Crippen LogP contribution in [0.3, 0.4) is 0 Å². The van der Waals surface area contributed by atoms with Crippen molar-refractivity contribution < 1.29 is 9.53 Å². The van der Waals surface area contributed by atoms with Gasteiger partial charge < -0.3 is 4.74 Å². The lowest BCUT2D eigenvalue weighted by atomic mass is 10.3. The molecule has 0 unspecified atom stereocenters. The normalized spacial score (nSPS) is 10.2. The first-order valence-corrected chi connectivity index (χ1v) is 6.32. The minimum atomic E-state index is -0.578. The third-order valence-corrected chi connectivity index (χ3v) is 3.30. The molecule has 17 heavy (non-hydrogen) atoms. The highest BCUT2D eigenvalue weighted by Crippen LogP contribution is 2.18. The van der Waals surface area contributed by atoms with Crippen molar-refractivity contribution in [1.29, 1.82) is 0 Å². The second kappa shape index (κ2) is 5.49. The van der Waals surface area contributed by atoms with Crippen LogP contribution in [0.4, 0.5) is 0 Å². The number of esters is 1. The maximum absolute atomic E-state index is 11.7. The molecule has 2 rings (SSSR count). The quantitative estimate of drug-likeness (QED) is 0.637. The average Bonchev–Trinajstić information content (AvgIpc) is 2.82. The highest BCUT2D eigenvalue weighted by Gasteiger charge is 2.14. The molecule has 0 radical (unpaired) electrons. The summed E-state index contributed by atoms with van der Waals surface area (Å²) in [5.74, 6) is -0.578. The topological polar surface area (TPSA) is 39.2 Å².